The Morgan fingerprint density at radius 1 is 0.914 bits per heavy atom. The molecule has 3 aromatic rings. The summed E-state index contributed by atoms with van der Waals surface area (Å²) in [6, 6.07) is 11.1. The molecule has 4 rings (SSSR count). The second-order valence-electron chi connectivity index (χ2n) is 8.12. The number of hydrogen-bond donors (Lipinski definition) is 3. The van der Waals surface area contributed by atoms with Gasteiger partial charge in [0.25, 0.3) is 11.8 Å². The van der Waals surface area contributed by atoms with Gasteiger partial charge in [0.15, 0.2) is 11.5 Å². The fraction of sp³-hybridized carbons (Fsp3) is 0.269. The van der Waals surface area contributed by atoms with E-state index in [4.69, 9.17) is 14.6 Å². The van der Waals surface area contributed by atoms with Crippen LogP contribution in [0.1, 0.15) is 59.9 Å². The molecule has 182 valence electrons. The molecule has 0 aliphatic heterocycles. The van der Waals surface area contributed by atoms with Gasteiger partial charge < -0.3 is 25.2 Å². The third kappa shape index (κ3) is 5.30. The molecule has 35 heavy (non-hydrogen) atoms. The molecule has 0 spiro atoms. The van der Waals surface area contributed by atoms with Crippen molar-refractivity contribution in [2.45, 2.75) is 32.2 Å². The summed E-state index contributed by atoms with van der Waals surface area (Å²) in [4.78, 5) is 38.4. The maximum absolute atomic E-state index is 13.3. The van der Waals surface area contributed by atoms with Gasteiger partial charge in [0, 0.05) is 17.0 Å². The SMILES string of the molecule is COc1ccc(CNC(=O)c2c(NC(=O)c3ccc(C(=O)O)cc3)sc3c2CCCC3)cc1OC. The minimum absolute atomic E-state index is 0.100. The summed E-state index contributed by atoms with van der Waals surface area (Å²) in [6.45, 7) is 0.286. The lowest BCUT2D eigenvalue weighted by Gasteiger charge is -2.14. The van der Waals surface area contributed by atoms with Gasteiger partial charge in [-0.05, 0) is 73.2 Å². The van der Waals surface area contributed by atoms with Gasteiger partial charge >= 0.3 is 5.97 Å². The summed E-state index contributed by atoms with van der Waals surface area (Å²) in [7, 11) is 3.12. The summed E-state index contributed by atoms with van der Waals surface area (Å²) in [5, 5.41) is 15.4. The molecular formula is C26H26N2O6S. The Morgan fingerprint density at radius 3 is 2.29 bits per heavy atom. The number of methoxy groups -OCH3 is 2. The molecule has 0 unspecified atom stereocenters. The number of aromatic carboxylic acids is 1. The number of hydrogen-bond acceptors (Lipinski definition) is 6. The van der Waals surface area contributed by atoms with E-state index in [-0.39, 0.29) is 18.0 Å². The first-order valence-corrected chi connectivity index (χ1v) is 12.0. The van der Waals surface area contributed by atoms with Gasteiger partial charge in [0.05, 0.1) is 25.3 Å². The third-order valence-electron chi connectivity index (χ3n) is 5.92. The average molecular weight is 495 g/mol. The fourth-order valence-electron chi connectivity index (χ4n) is 4.09. The van der Waals surface area contributed by atoms with Crippen molar-refractivity contribution in [2.75, 3.05) is 19.5 Å². The molecule has 0 saturated carbocycles. The van der Waals surface area contributed by atoms with Crippen LogP contribution in [-0.4, -0.2) is 37.1 Å². The Bertz CT molecular complexity index is 1270. The number of fused-ring (bicyclic) bond motifs is 1. The molecule has 0 radical (unpaired) electrons. The van der Waals surface area contributed by atoms with Crippen LogP contribution < -0.4 is 20.1 Å². The van der Waals surface area contributed by atoms with E-state index in [1.807, 2.05) is 12.1 Å². The molecular weight excluding hydrogens is 468 g/mol. The third-order valence-corrected chi connectivity index (χ3v) is 7.13. The Morgan fingerprint density at radius 2 is 1.60 bits per heavy atom. The standard InChI is InChI=1S/C26H26N2O6S/c1-33-19-12-7-15(13-20(19)34-2)14-27-24(30)22-18-5-3-4-6-21(18)35-25(22)28-23(29)16-8-10-17(11-9-16)26(31)32/h7-13H,3-6,14H2,1-2H3,(H,27,30)(H,28,29)(H,31,32). The Kier molecular flexibility index (Phi) is 7.36. The van der Waals surface area contributed by atoms with Crippen molar-refractivity contribution in [3.8, 4) is 11.5 Å². The Hall–Kier alpha value is -3.85. The second-order valence-corrected chi connectivity index (χ2v) is 9.23. The van der Waals surface area contributed by atoms with E-state index >= 15 is 0 Å². The first-order chi connectivity index (χ1) is 16.9. The van der Waals surface area contributed by atoms with E-state index < -0.39 is 11.9 Å². The van der Waals surface area contributed by atoms with Crippen molar-refractivity contribution in [1.29, 1.82) is 0 Å². The molecule has 0 atom stereocenters. The van der Waals surface area contributed by atoms with E-state index in [9.17, 15) is 14.4 Å². The number of ether oxygens (including phenoxy) is 2. The monoisotopic (exact) mass is 494 g/mol. The minimum Gasteiger partial charge on any atom is -0.493 e. The number of rotatable bonds is 8. The summed E-state index contributed by atoms with van der Waals surface area (Å²) < 4.78 is 10.6. The molecule has 2 aromatic carbocycles. The first-order valence-electron chi connectivity index (χ1n) is 11.2. The number of amides is 2. The molecule has 3 N–H and O–H groups in total. The van der Waals surface area contributed by atoms with E-state index in [0.717, 1.165) is 41.7 Å². The number of thiophene rings is 1. The lowest BCUT2D eigenvalue weighted by molar-refractivity contribution is 0.0696. The largest absolute Gasteiger partial charge is 0.493 e. The summed E-state index contributed by atoms with van der Waals surface area (Å²) >= 11 is 1.43. The highest BCUT2D eigenvalue weighted by atomic mass is 32.1. The van der Waals surface area contributed by atoms with E-state index in [2.05, 4.69) is 10.6 Å². The highest BCUT2D eigenvalue weighted by Crippen LogP contribution is 2.38. The van der Waals surface area contributed by atoms with Gasteiger partial charge in [-0.2, -0.15) is 0 Å². The number of aryl methyl sites for hydroxylation is 1. The van der Waals surface area contributed by atoms with Crippen molar-refractivity contribution >= 4 is 34.1 Å². The number of anilines is 1. The van der Waals surface area contributed by atoms with Crippen LogP contribution in [0.3, 0.4) is 0 Å². The van der Waals surface area contributed by atoms with E-state index in [1.165, 1.54) is 35.6 Å². The van der Waals surface area contributed by atoms with Crippen molar-refractivity contribution in [3.63, 3.8) is 0 Å². The van der Waals surface area contributed by atoms with Gasteiger partial charge in [-0.15, -0.1) is 11.3 Å². The maximum Gasteiger partial charge on any atom is 0.335 e. The predicted octanol–water partition coefficient (Wildman–Crippen LogP) is 4.52. The molecule has 0 bridgehead atoms. The summed E-state index contributed by atoms with van der Waals surface area (Å²) in [5.74, 6) is -0.522. The minimum atomic E-state index is -1.06. The first kappa shape index (κ1) is 24.3. The van der Waals surface area contributed by atoms with Gasteiger partial charge in [-0.1, -0.05) is 6.07 Å². The second kappa shape index (κ2) is 10.6. The highest BCUT2D eigenvalue weighted by Gasteiger charge is 2.26. The van der Waals surface area contributed by atoms with Crippen molar-refractivity contribution in [2.24, 2.45) is 0 Å². The van der Waals surface area contributed by atoms with Crippen LogP contribution >= 0.6 is 11.3 Å². The van der Waals surface area contributed by atoms with Gasteiger partial charge in [0.1, 0.15) is 5.00 Å². The maximum atomic E-state index is 13.3. The molecule has 2 amide bonds. The molecule has 1 aliphatic carbocycles. The van der Waals surface area contributed by atoms with Gasteiger partial charge in [-0.3, -0.25) is 9.59 Å². The van der Waals surface area contributed by atoms with Crippen LogP contribution in [0.15, 0.2) is 42.5 Å². The fourth-order valence-corrected chi connectivity index (χ4v) is 5.38. The molecule has 8 nitrogen and oxygen atoms in total. The highest BCUT2D eigenvalue weighted by molar-refractivity contribution is 7.17. The zero-order valence-corrected chi connectivity index (χ0v) is 20.3. The zero-order chi connectivity index (χ0) is 24.9. The molecule has 0 fully saturated rings. The van der Waals surface area contributed by atoms with E-state index in [1.54, 1.807) is 20.3 Å². The number of carboxylic acids is 1. The number of carboxylic acid groups (broad SMARTS) is 1. The Labute approximate surface area is 206 Å². The van der Waals surface area contributed by atoms with Crippen LogP contribution in [-0.2, 0) is 19.4 Å². The zero-order valence-electron chi connectivity index (χ0n) is 19.5. The lowest BCUT2D eigenvalue weighted by atomic mass is 9.95. The van der Waals surface area contributed by atoms with E-state index in [0.29, 0.717) is 27.6 Å². The molecule has 1 aliphatic rings. The predicted molar refractivity (Wildman–Crippen MR) is 133 cm³/mol. The lowest BCUT2D eigenvalue weighted by Crippen LogP contribution is -2.25. The van der Waals surface area contributed by atoms with Crippen LogP contribution in [0, 0.1) is 0 Å². The molecule has 9 heteroatoms. The summed E-state index contributed by atoms with van der Waals surface area (Å²) in [5.41, 5.74) is 2.76. The molecule has 1 heterocycles. The van der Waals surface area contributed by atoms with Crippen LogP contribution in [0.2, 0.25) is 0 Å². The topological polar surface area (TPSA) is 114 Å². The quantitative estimate of drug-likeness (QED) is 0.424. The molecule has 1 aromatic heterocycles. The normalized spacial score (nSPS) is 12.4. The number of benzene rings is 2. The van der Waals surface area contributed by atoms with Crippen molar-refractivity contribution in [1.82, 2.24) is 5.32 Å². The Balaban J connectivity index is 1.55. The number of carbonyl (C=O) groups excluding carboxylic acids is 2. The molecule has 0 saturated heterocycles. The number of carbonyl (C=O) groups is 3. The summed E-state index contributed by atoms with van der Waals surface area (Å²) in [6.07, 6.45) is 3.70. The van der Waals surface area contributed by atoms with Gasteiger partial charge in [-0.25, -0.2) is 4.79 Å². The van der Waals surface area contributed by atoms with Crippen LogP contribution in [0.4, 0.5) is 5.00 Å². The average Bonchev–Trinajstić information content (AvgIpc) is 3.24. The van der Waals surface area contributed by atoms with Gasteiger partial charge in [0.2, 0.25) is 0 Å². The van der Waals surface area contributed by atoms with Crippen LogP contribution in [0.5, 0.6) is 11.5 Å². The van der Waals surface area contributed by atoms with Crippen molar-refractivity contribution in [3.05, 3.63) is 75.2 Å². The van der Waals surface area contributed by atoms with Crippen LogP contribution in [0.25, 0.3) is 0 Å². The number of nitrogens with one attached hydrogen (secondary N) is 2. The van der Waals surface area contributed by atoms with Crippen molar-refractivity contribution < 1.29 is 29.0 Å². The smallest absolute Gasteiger partial charge is 0.335 e.